The Hall–Kier alpha value is -1.10. The molecule has 0 spiro atoms. The Morgan fingerprint density at radius 1 is 1.29 bits per heavy atom. The molecule has 0 saturated carbocycles. The summed E-state index contributed by atoms with van der Waals surface area (Å²) >= 11 is 0. The van der Waals surface area contributed by atoms with Crippen molar-refractivity contribution in [1.29, 1.82) is 0 Å². The third kappa shape index (κ3) is 4.81. The van der Waals surface area contributed by atoms with Gasteiger partial charge in [-0.1, -0.05) is 0 Å². The van der Waals surface area contributed by atoms with E-state index in [0.717, 1.165) is 0 Å². The summed E-state index contributed by atoms with van der Waals surface area (Å²) in [5.74, 6) is -1.83. The summed E-state index contributed by atoms with van der Waals surface area (Å²) in [6.45, 7) is 6.43. The minimum Gasteiger partial charge on any atom is -0.481 e. The molecular weight excluding hydrogens is 186 g/mol. The summed E-state index contributed by atoms with van der Waals surface area (Å²) in [5.41, 5.74) is 3.38. The van der Waals surface area contributed by atoms with Crippen molar-refractivity contribution in [3.8, 4) is 0 Å². The van der Waals surface area contributed by atoms with Crippen molar-refractivity contribution in [2.24, 2.45) is 5.73 Å². The maximum atomic E-state index is 11.4. The molecule has 0 amide bonds. The summed E-state index contributed by atoms with van der Waals surface area (Å²) in [5, 5.41) is 8.51. The Labute approximate surface area is 83.2 Å². The zero-order valence-corrected chi connectivity index (χ0v) is 8.96. The second-order valence-electron chi connectivity index (χ2n) is 4.49. The molecule has 1 atom stereocenters. The van der Waals surface area contributed by atoms with Gasteiger partial charge in [0.05, 0.1) is 6.42 Å². The molecule has 0 aliphatic rings. The highest BCUT2D eigenvalue weighted by molar-refractivity contribution is 5.85. The summed E-state index contributed by atoms with van der Waals surface area (Å²) < 4.78 is 4.98. The van der Waals surface area contributed by atoms with Gasteiger partial charge in [-0.15, -0.1) is 0 Å². The second kappa shape index (κ2) is 3.96. The largest absolute Gasteiger partial charge is 0.481 e. The Balaban J connectivity index is 4.44. The molecule has 0 aromatic carbocycles. The van der Waals surface area contributed by atoms with E-state index >= 15 is 0 Å². The molecule has 5 nitrogen and oxygen atoms in total. The van der Waals surface area contributed by atoms with E-state index in [1.54, 1.807) is 20.8 Å². The van der Waals surface area contributed by atoms with Gasteiger partial charge >= 0.3 is 11.9 Å². The molecule has 0 radical (unpaired) electrons. The summed E-state index contributed by atoms with van der Waals surface area (Å²) in [7, 11) is 0. The number of esters is 1. The van der Waals surface area contributed by atoms with Crippen LogP contribution in [0.1, 0.15) is 34.1 Å². The average molecular weight is 203 g/mol. The van der Waals surface area contributed by atoms with Crippen molar-refractivity contribution < 1.29 is 19.4 Å². The molecule has 0 unspecified atom stereocenters. The lowest BCUT2D eigenvalue weighted by Crippen LogP contribution is -2.49. The third-order valence-corrected chi connectivity index (χ3v) is 1.38. The monoisotopic (exact) mass is 203 g/mol. The van der Waals surface area contributed by atoms with Crippen LogP contribution >= 0.6 is 0 Å². The van der Waals surface area contributed by atoms with Gasteiger partial charge in [-0.2, -0.15) is 0 Å². The third-order valence-electron chi connectivity index (χ3n) is 1.38. The SMILES string of the molecule is CC(C)(C)OC(=O)[C@@](C)(N)CC(=O)O. The standard InChI is InChI=1S/C9H17NO4/c1-8(2,3)14-7(13)9(4,10)5-6(11)12/h5,10H2,1-4H3,(H,11,12)/t9-/m0/s1. The zero-order chi connectivity index (χ0) is 11.6. The van der Waals surface area contributed by atoms with Crippen molar-refractivity contribution in [3.05, 3.63) is 0 Å². The van der Waals surface area contributed by atoms with Gasteiger partial charge in [-0.05, 0) is 27.7 Å². The predicted molar refractivity (Wildman–Crippen MR) is 50.7 cm³/mol. The van der Waals surface area contributed by atoms with Crippen molar-refractivity contribution >= 4 is 11.9 Å². The van der Waals surface area contributed by atoms with Gasteiger partial charge in [0, 0.05) is 0 Å². The lowest BCUT2D eigenvalue weighted by atomic mass is 9.99. The van der Waals surface area contributed by atoms with Crippen molar-refractivity contribution in [2.45, 2.75) is 45.3 Å². The highest BCUT2D eigenvalue weighted by Crippen LogP contribution is 2.15. The van der Waals surface area contributed by atoms with Gasteiger partial charge in [0.25, 0.3) is 0 Å². The van der Waals surface area contributed by atoms with Crippen LogP contribution in [0.2, 0.25) is 0 Å². The number of ether oxygens (including phenoxy) is 1. The first-order valence-electron chi connectivity index (χ1n) is 4.29. The highest BCUT2D eigenvalue weighted by atomic mass is 16.6. The molecular formula is C9H17NO4. The number of carboxylic acids is 1. The van der Waals surface area contributed by atoms with Gasteiger partial charge in [0.1, 0.15) is 11.1 Å². The zero-order valence-electron chi connectivity index (χ0n) is 8.96. The quantitative estimate of drug-likeness (QED) is 0.653. The van der Waals surface area contributed by atoms with Crippen LogP contribution in [-0.2, 0) is 14.3 Å². The molecule has 5 heteroatoms. The van der Waals surface area contributed by atoms with Crippen LogP contribution in [0.5, 0.6) is 0 Å². The maximum Gasteiger partial charge on any atom is 0.326 e. The number of hydrogen-bond donors (Lipinski definition) is 2. The molecule has 0 aromatic rings. The number of rotatable bonds is 3. The van der Waals surface area contributed by atoms with E-state index in [-0.39, 0.29) is 0 Å². The normalized spacial score (nSPS) is 15.8. The molecule has 0 bridgehead atoms. The highest BCUT2D eigenvalue weighted by Gasteiger charge is 2.35. The van der Waals surface area contributed by atoms with E-state index in [4.69, 9.17) is 15.6 Å². The van der Waals surface area contributed by atoms with Gasteiger partial charge in [0.2, 0.25) is 0 Å². The molecule has 14 heavy (non-hydrogen) atoms. The van der Waals surface area contributed by atoms with Gasteiger partial charge in [-0.3, -0.25) is 9.59 Å². The smallest absolute Gasteiger partial charge is 0.326 e. The molecule has 0 heterocycles. The molecule has 0 saturated heterocycles. The average Bonchev–Trinajstić information content (AvgIpc) is 1.79. The first kappa shape index (κ1) is 12.9. The van der Waals surface area contributed by atoms with Crippen molar-refractivity contribution in [2.75, 3.05) is 0 Å². The molecule has 0 aliphatic heterocycles. The van der Waals surface area contributed by atoms with Crippen LogP contribution in [0.3, 0.4) is 0 Å². The minimum absolute atomic E-state index is 0.443. The van der Waals surface area contributed by atoms with Crippen LogP contribution in [-0.4, -0.2) is 28.2 Å². The first-order valence-corrected chi connectivity index (χ1v) is 4.29. The fourth-order valence-corrected chi connectivity index (χ4v) is 0.781. The Bertz CT molecular complexity index is 240. The summed E-state index contributed by atoms with van der Waals surface area (Å²) in [6, 6.07) is 0. The number of nitrogens with two attached hydrogens (primary N) is 1. The number of carboxylic acid groups (broad SMARTS) is 1. The number of carbonyl (C=O) groups is 2. The van der Waals surface area contributed by atoms with Crippen LogP contribution in [0.25, 0.3) is 0 Å². The van der Waals surface area contributed by atoms with Gasteiger partial charge in [0.15, 0.2) is 0 Å². The van der Waals surface area contributed by atoms with E-state index in [0.29, 0.717) is 0 Å². The topological polar surface area (TPSA) is 89.6 Å². The van der Waals surface area contributed by atoms with Crippen LogP contribution in [0.4, 0.5) is 0 Å². The number of aliphatic carboxylic acids is 1. The fourth-order valence-electron chi connectivity index (χ4n) is 0.781. The van der Waals surface area contributed by atoms with E-state index < -0.39 is 29.5 Å². The van der Waals surface area contributed by atoms with Crippen LogP contribution < -0.4 is 5.73 Å². The lowest BCUT2D eigenvalue weighted by molar-refractivity contribution is -0.163. The van der Waals surface area contributed by atoms with Crippen LogP contribution in [0, 0.1) is 0 Å². The Morgan fingerprint density at radius 2 is 1.71 bits per heavy atom. The lowest BCUT2D eigenvalue weighted by Gasteiger charge is -2.27. The summed E-state index contributed by atoms with van der Waals surface area (Å²) in [6.07, 6.45) is -0.443. The predicted octanol–water partition coefficient (Wildman–Crippen LogP) is 0.520. The van der Waals surface area contributed by atoms with Crippen LogP contribution in [0.15, 0.2) is 0 Å². The van der Waals surface area contributed by atoms with E-state index in [2.05, 4.69) is 0 Å². The first-order chi connectivity index (χ1) is 6.04. The van der Waals surface area contributed by atoms with Crippen molar-refractivity contribution in [1.82, 2.24) is 0 Å². The second-order valence-corrected chi connectivity index (χ2v) is 4.49. The van der Waals surface area contributed by atoms with Gasteiger partial charge in [-0.25, -0.2) is 0 Å². The molecule has 0 aliphatic carbocycles. The van der Waals surface area contributed by atoms with E-state index in [1.165, 1.54) is 6.92 Å². The maximum absolute atomic E-state index is 11.4. The fraction of sp³-hybridized carbons (Fsp3) is 0.778. The Morgan fingerprint density at radius 3 is 2.00 bits per heavy atom. The number of carbonyl (C=O) groups excluding carboxylic acids is 1. The molecule has 82 valence electrons. The molecule has 0 fully saturated rings. The van der Waals surface area contributed by atoms with Crippen molar-refractivity contribution in [3.63, 3.8) is 0 Å². The molecule has 0 rings (SSSR count). The van der Waals surface area contributed by atoms with E-state index in [9.17, 15) is 9.59 Å². The summed E-state index contributed by atoms with van der Waals surface area (Å²) in [4.78, 5) is 21.8. The van der Waals surface area contributed by atoms with E-state index in [1.807, 2.05) is 0 Å². The van der Waals surface area contributed by atoms with Gasteiger partial charge < -0.3 is 15.6 Å². The molecule has 3 N–H and O–H groups in total. The Kier molecular flexibility index (Phi) is 3.65. The minimum atomic E-state index is -1.47. The molecule has 0 aromatic heterocycles. The number of hydrogen-bond acceptors (Lipinski definition) is 4.